The molecule has 5 atom stereocenters. The van der Waals surface area contributed by atoms with E-state index in [9.17, 15) is 36.8 Å². The lowest BCUT2D eigenvalue weighted by Gasteiger charge is -2.30. The van der Waals surface area contributed by atoms with Gasteiger partial charge in [0, 0.05) is 38.0 Å². The van der Waals surface area contributed by atoms with E-state index in [0.29, 0.717) is 43.4 Å². The molecule has 7 rings (SSSR count). The van der Waals surface area contributed by atoms with E-state index in [0.717, 1.165) is 18.4 Å². The lowest BCUT2D eigenvalue weighted by molar-refractivity contribution is -0.141. The third kappa shape index (κ3) is 8.48. The molecule has 2 aromatic rings. The fourth-order valence-corrected chi connectivity index (χ4v) is 9.13. The van der Waals surface area contributed by atoms with Crippen LogP contribution >= 0.6 is 0 Å². The number of halogens is 1. The maximum Gasteiger partial charge on any atom is 0.410 e. The Kier molecular flexibility index (Phi) is 10.9. The minimum atomic E-state index is -3.92. The van der Waals surface area contributed by atoms with Crippen LogP contribution in [0.15, 0.2) is 60.7 Å². The molecule has 3 aliphatic heterocycles. The standard InChI is InChI=1S/C39H47FN6O8S/c1-44(21-25-11-6-5-7-12-25)37(50)41-32-16-9-4-2-3-8-14-27-20-39(27,36(49)43-55(52,53)29-17-18-29)42-34(47)33-19-28(23-46(33)35(32)48)54-38(51)45-22-26-13-10-15-31(40)30(26)24-45/h5-8,10-15,27-29,32-33H,2-4,9,16-24H2,1H3,(H,41,50)(H,42,47)(H,43,49)/b14-8-/t27-,28+,32-,33-,39+/m0/s1. The summed E-state index contributed by atoms with van der Waals surface area (Å²) >= 11 is 0. The average molecular weight is 779 g/mol. The fraction of sp³-hybridized carbons (Fsp3) is 0.513. The van der Waals surface area contributed by atoms with Gasteiger partial charge in [0.2, 0.25) is 21.8 Å². The number of sulfonamides is 1. The first-order valence-electron chi connectivity index (χ1n) is 19.0. The molecule has 16 heteroatoms. The summed E-state index contributed by atoms with van der Waals surface area (Å²) < 4.78 is 48.1. The van der Waals surface area contributed by atoms with Crippen LogP contribution in [0.2, 0.25) is 0 Å². The molecule has 3 heterocycles. The largest absolute Gasteiger partial charge is 0.444 e. The van der Waals surface area contributed by atoms with Crippen molar-refractivity contribution < 1.29 is 41.5 Å². The Hall–Kier alpha value is -4.99. The Morgan fingerprint density at radius 2 is 1.80 bits per heavy atom. The number of hydrogen-bond donors (Lipinski definition) is 3. The normalized spacial score (nSPS) is 27.3. The molecular weight excluding hydrogens is 732 g/mol. The van der Waals surface area contributed by atoms with Crippen molar-refractivity contribution in [2.24, 2.45) is 5.92 Å². The average Bonchev–Trinajstić information content (AvgIpc) is 4.04. The number of hydrogen-bond acceptors (Lipinski definition) is 8. The summed E-state index contributed by atoms with van der Waals surface area (Å²) in [6.07, 6.45) is 6.05. The van der Waals surface area contributed by atoms with Gasteiger partial charge in [-0.3, -0.25) is 24.0 Å². The number of carbonyl (C=O) groups is 5. The maximum absolute atomic E-state index is 14.5. The van der Waals surface area contributed by atoms with Crippen LogP contribution in [0.5, 0.6) is 0 Å². The van der Waals surface area contributed by atoms with Gasteiger partial charge in [-0.25, -0.2) is 22.4 Å². The second-order valence-electron chi connectivity index (χ2n) is 15.3. The molecule has 0 spiro atoms. The van der Waals surface area contributed by atoms with E-state index in [1.54, 1.807) is 19.2 Å². The van der Waals surface area contributed by atoms with Gasteiger partial charge in [0.15, 0.2) is 0 Å². The summed E-state index contributed by atoms with van der Waals surface area (Å²) in [6.45, 7) is 0.245. The number of amides is 6. The van der Waals surface area contributed by atoms with Gasteiger partial charge in [-0.1, -0.05) is 67.5 Å². The Balaban J connectivity index is 1.13. The van der Waals surface area contributed by atoms with E-state index >= 15 is 0 Å². The number of rotatable bonds is 7. The lowest BCUT2D eigenvalue weighted by atomic mass is 10.0. The molecule has 55 heavy (non-hydrogen) atoms. The summed E-state index contributed by atoms with van der Waals surface area (Å²) in [5.74, 6) is -3.00. The number of allylic oxidation sites excluding steroid dienone is 1. The van der Waals surface area contributed by atoms with Crippen LogP contribution in [0, 0.1) is 11.7 Å². The van der Waals surface area contributed by atoms with Crippen LogP contribution in [0.3, 0.4) is 0 Å². The van der Waals surface area contributed by atoms with Crippen molar-refractivity contribution in [3.05, 3.63) is 83.2 Å². The van der Waals surface area contributed by atoms with Gasteiger partial charge >= 0.3 is 12.1 Å². The smallest absolute Gasteiger partial charge is 0.410 e. The zero-order chi connectivity index (χ0) is 38.9. The molecule has 2 aliphatic carbocycles. The van der Waals surface area contributed by atoms with Crippen LogP contribution < -0.4 is 15.4 Å². The van der Waals surface area contributed by atoms with Crippen molar-refractivity contribution in [3.63, 3.8) is 0 Å². The molecule has 0 unspecified atom stereocenters. The third-order valence-electron chi connectivity index (χ3n) is 11.2. The molecule has 6 amide bonds. The highest BCUT2D eigenvalue weighted by atomic mass is 32.2. The van der Waals surface area contributed by atoms with E-state index in [1.807, 2.05) is 42.5 Å². The monoisotopic (exact) mass is 778 g/mol. The first-order valence-corrected chi connectivity index (χ1v) is 20.5. The number of carbonyl (C=O) groups excluding carboxylic acids is 5. The summed E-state index contributed by atoms with van der Waals surface area (Å²) in [5.41, 5.74) is 0.386. The predicted octanol–water partition coefficient (Wildman–Crippen LogP) is 3.46. The molecule has 294 valence electrons. The van der Waals surface area contributed by atoms with E-state index in [4.69, 9.17) is 4.74 Å². The van der Waals surface area contributed by atoms with Gasteiger partial charge in [0.05, 0.1) is 18.3 Å². The molecule has 3 N–H and O–H groups in total. The Morgan fingerprint density at radius 3 is 2.55 bits per heavy atom. The van der Waals surface area contributed by atoms with Crippen molar-refractivity contribution in [2.75, 3.05) is 13.6 Å². The van der Waals surface area contributed by atoms with Crippen LogP contribution in [-0.4, -0.2) is 95.5 Å². The molecule has 0 aromatic heterocycles. The molecule has 5 aliphatic rings. The Morgan fingerprint density at radius 1 is 1.02 bits per heavy atom. The van der Waals surface area contributed by atoms with Crippen LogP contribution in [0.1, 0.15) is 74.5 Å². The van der Waals surface area contributed by atoms with Gasteiger partial charge in [0.1, 0.15) is 29.5 Å². The molecule has 1 saturated heterocycles. The van der Waals surface area contributed by atoms with Gasteiger partial charge < -0.3 is 25.2 Å². The first kappa shape index (κ1) is 38.3. The number of nitrogens with zero attached hydrogens (tertiary/aromatic N) is 3. The maximum atomic E-state index is 14.5. The number of urea groups is 1. The summed E-state index contributed by atoms with van der Waals surface area (Å²) in [7, 11) is -2.30. The number of ether oxygens (including phenoxy) is 1. The first-order chi connectivity index (χ1) is 26.3. The minimum Gasteiger partial charge on any atom is -0.444 e. The van der Waals surface area contributed by atoms with Crippen molar-refractivity contribution in [1.29, 1.82) is 0 Å². The summed E-state index contributed by atoms with van der Waals surface area (Å²) in [4.78, 5) is 73.5. The molecule has 2 saturated carbocycles. The molecule has 2 aromatic carbocycles. The highest BCUT2D eigenvalue weighted by Crippen LogP contribution is 2.46. The van der Waals surface area contributed by atoms with Crippen LogP contribution in [0.25, 0.3) is 0 Å². The van der Waals surface area contributed by atoms with Crippen LogP contribution in [-0.2, 0) is 48.8 Å². The van der Waals surface area contributed by atoms with Crippen molar-refractivity contribution in [3.8, 4) is 0 Å². The van der Waals surface area contributed by atoms with E-state index in [2.05, 4.69) is 15.4 Å². The third-order valence-corrected chi connectivity index (χ3v) is 13.0. The second kappa shape index (κ2) is 15.6. The second-order valence-corrected chi connectivity index (χ2v) is 17.3. The van der Waals surface area contributed by atoms with Gasteiger partial charge in [-0.05, 0) is 55.7 Å². The van der Waals surface area contributed by atoms with Crippen molar-refractivity contribution in [1.82, 2.24) is 30.1 Å². The molecule has 3 fully saturated rings. The molecule has 0 radical (unpaired) electrons. The number of fused-ring (bicyclic) bond motifs is 3. The van der Waals surface area contributed by atoms with E-state index in [-0.39, 0.29) is 38.9 Å². The van der Waals surface area contributed by atoms with Gasteiger partial charge in [0.25, 0.3) is 5.91 Å². The molecule has 0 bridgehead atoms. The van der Waals surface area contributed by atoms with Gasteiger partial charge in [-0.15, -0.1) is 0 Å². The topological polar surface area (TPSA) is 175 Å². The van der Waals surface area contributed by atoms with Crippen molar-refractivity contribution in [2.45, 2.75) is 106 Å². The SMILES string of the molecule is CN(Cc1ccccc1)C(=O)N[C@H]1CCCCC/C=C\[C@H]2C[C@@]2(C(=O)NS(=O)(=O)C2CC2)NC(=O)[C@@H]2C[C@@H](OC(=O)N3Cc4cccc(F)c4C3)CN2C1=O. The highest BCUT2D eigenvalue weighted by molar-refractivity contribution is 7.91. The molecular formula is C39H47FN6O8S. The van der Waals surface area contributed by atoms with Crippen molar-refractivity contribution >= 4 is 39.9 Å². The summed E-state index contributed by atoms with van der Waals surface area (Å²) in [5, 5.41) is 5.03. The van der Waals surface area contributed by atoms with Gasteiger partial charge in [-0.2, -0.15) is 0 Å². The van der Waals surface area contributed by atoms with E-state index < -0.39 is 80.6 Å². The predicted molar refractivity (Wildman–Crippen MR) is 198 cm³/mol. The van der Waals surface area contributed by atoms with Crippen LogP contribution in [0.4, 0.5) is 14.0 Å². The lowest BCUT2D eigenvalue weighted by Crippen LogP contribution is -2.58. The number of benzene rings is 2. The highest BCUT2D eigenvalue weighted by Gasteiger charge is 2.62. The zero-order valence-electron chi connectivity index (χ0n) is 30.7. The summed E-state index contributed by atoms with van der Waals surface area (Å²) in [6, 6.07) is 11.3. The molecule has 14 nitrogen and oxygen atoms in total. The Bertz CT molecular complexity index is 1980. The van der Waals surface area contributed by atoms with E-state index in [1.165, 1.54) is 20.8 Å². The minimum absolute atomic E-state index is 0.00102. The number of nitrogens with one attached hydrogen (secondary N) is 3. The fourth-order valence-electron chi connectivity index (χ4n) is 7.76. The zero-order valence-corrected chi connectivity index (χ0v) is 31.6. The quantitative estimate of drug-likeness (QED) is 0.359. The Labute approximate surface area is 319 Å².